The molecule has 1 aromatic rings. The number of hydrogen-bond acceptors (Lipinski definition) is 4. The van der Waals surface area contributed by atoms with Crippen LogP contribution < -0.4 is 5.32 Å². The van der Waals surface area contributed by atoms with E-state index in [1.807, 2.05) is 0 Å². The van der Waals surface area contributed by atoms with E-state index < -0.39 is 22.5 Å². The minimum atomic E-state index is -4.39. The number of likely N-dealkylation sites (tertiary alicyclic amines) is 1. The lowest BCUT2D eigenvalue weighted by atomic mass is 9.97. The first kappa shape index (κ1) is 14.4. The van der Waals surface area contributed by atoms with Crippen molar-refractivity contribution in [1.29, 1.82) is 0 Å². The molecule has 2 atom stereocenters. The number of nitrogens with one attached hydrogen (secondary N) is 1. The van der Waals surface area contributed by atoms with Crippen LogP contribution in [0.25, 0.3) is 0 Å². The Bertz CT molecular complexity index is 581. The highest BCUT2D eigenvalue weighted by Gasteiger charge is 2.60. The molecule has 0 aliphatic carbocycles. The average molecular weight is 318 g/mol. The van der Waals surface area contributed by atoms with Crippen LogP contribution in [0, 0.1) is 0 Å². The molecule has 8 heteroatoms. The van der Waals surface area contributed by atoms with Crippen LogP contribution >= 0.6 is 11.8 Å². The lowest BCUT2D eigenvalue weighted by Crippen LogP contribution is -2.45. The summed E-state index contributed by atoms with van der Waals surface area (Å²) >= 11 is -0.0552. The van der Waals surface area contributed by atoms with Crippen LogP contribution in [0.4, 0.5) is 23.7 Å². The van der Waals surface area contributed by atoms with Gasteiger partial charge in [0.2, 0.25) is 0 Å². The van der Waals surface area contributed by atoms with Gasteiger partial charge in [-0.1, -0.05) is 18.2 Å². The number of anilines is 1. The van der Waals surface area contributed by atoms with Gasteiger partial charge in [-0.3, -0.25) is 4.90 Å². The first-order valence-corrected chi connectivity index (χ1v) is 7.16. The topological polar surface area (TPSA) is 41.6 Å². The highest BCUT2D eigenvalue weighted by molar-refractivity contribution is 8.01. The van der Waals surface area contributed by atoms with Crippen molar-refractivity contribution in [1.82, 2.24) is 4.90 Å². The van der Waals surface area contributed by atoms with Crippen molar-refractivity contribution < 1.29 is 22.7 Å². The number of thioether (sulfide) groups is 1. The molecule has 0 unspecified atom stereocenters. The van der Waals surface area contributed by atoms with Gasteiger partial charge >= 0.3 is 11.6 Å². The van der Waals surface area contributed by atoms with Gasteiger partial charge in [-0.05, 0) is 29.8 Å². The van der Waals surface area contributed by atoms with Crippen molar-refractivity contribution in [2.24, 2.45) is 0 Å². The second-order valence-electron chi connectivity index (χ2n) is 4.94. The Morgan fingerprint density at radius 3 is 2.86 bits per heavy atom. The van der Waals surface area contributed by atoms with Crippen LogP contribution in [0.3, 0.4) is 0 Å². The van der Waals surface area contributed by atoms with Gasteiger partial charge in [0.05, 0.1) is 11.9 Å². The van der Waals surface area contributed by atoms with Gasteiger partial charge in [0.1, 0.15) is 6.17 Å². The van der Waals surface area contributed by atoms with Crippen LogP contribution in [0.15, 0.2) is 24.3 Å². The van der Waals surface area contributed by atoms with Gasteiger partial charge < -0.3 is 10.1 Å². The Morgan fingerprint density at radius 2 is 2.19 bits per heavy atom. The predicted molar refractivity (Wildman–Crippen MR) is 72.9 cm³/mol. The van der Waals surface area contributed by atoms with Gasteiger partial charge in [-0.25, -0.2) is 4.79 Å². The molecular formula is C13H13F3N2O2S. The Morgan fingerprint density at radius 1 is 1.48 bits per heavy atom. The molecule has 1 amide bonds. The van der Waals surface area contributed by atoms with Gasteiger partial charge in [-0.15, -0.1) is 0 Å². The summed E-state index contributed by atoms with van der Waals surface area (Å²) in [7, 11) is 1.22. The molecule has 114 valence electrons. The third kappa shape index (κ3) is 2.21. The summed E-state index contributed by atoms with van der Waals surface area (Å²) in [6.07, 6.45) is -1.15. The summed E-state index contributed by atoms with van der Waals surface area (Å²) < 4.78 is 42.6. The lowest BCUT2D eigenvalue weighted by Gasteiger charge is -2.31. The van der Waals surface area contributed by atoms with E-state index in [1.165, 1.54) is 12.0 Å². The number of alkyl halides is 3. The van der Waals surface area contributed by atoms with E-state index >= 15 is 0 Å². The van der Waals surface area contributed by atoms with E-state index in [0.717, 1.165) is 0 Å². The Labute approximate surface area is 123 Å². The van der Waals surface area contributed by atoms with Crippen LogP contribution in [0.1, 0.15) is 12.0 Å². The maximum Gasteiger partial charge on any atom is 0.442 e. The molecule has 1 fully saturated rings. The molecule has 2 aliphatic heterocycles. The number of fused-ring (bicyclic) bond motifs is 3. The maximum absolute atomic E-state index is 13.0. The Hall–Kier alpha value is -1.57. The molecule has 0 radical (unpaired) electrons. The highest BCUT2D eigenvalue weighted by atomic mass is 32.2. The number of para-hydroxylation sites is 1. The van der Waals surface area contributed by atoms with Crippen molar-refractivity contribution in [2.75, 3.05) is 19.0 Å². The number of carbonyl (C=O) groups excluding carboxylic acids is 1. The quantitative estimate of drug-likeness (QED) is 0.862. The molecule has 3 rings (SSSR count). The second kappa shape index (κ2) is 4.72. The zero-order valence-electron chi connectivity index (χ0n) is 11.1. The van der Waals surface area contributed by atoms with E-state index in [1.54, 1.807) is 24.3 Å². The fraction of sp³-hybridized carbons (Fsp3) is 0.462. The van der Waals surface area contributed by atoms with E-state index in [-0.39, 0.29) is 24.7 Å². The highest BCUT2D eigenvalue weighted by Crippen LogP contribution is 2.59. The number of hydrogen-bond donors (Lipinski definition) is 1. The summed E-state index contributed by atoms with van der Waals surface area (Å²) in [6.45, 7) is 0.224. The first-order chi connectivity index (χ1) is 9.87. The lowest BCUT2D eigenvalue weighted by molar-refractivity contribution is -0.0346. The maximum atomic E-state index is 13.0. The van der Waals surface area contributed by atoms with Gasteiger partial charge in [0.25, 0.3) is 0 Å². The molecular weight excluding hydrogens is 305 g/mol. The number of amides is 1. The summed E-state index contributed by atoms with van der Waals surface area (Å²) in [4.78, 5) is 13.1. The van der Waals surface area contributed by atoms with Crippen molar-refractivity contribution in [2.45, 2.75) is 22.8 Å². The molecule has 2 aliphatic rings. The van der Waals surface area contributed by atoms with Crippen LogP contribution in [0.5, 0.6) is 0 Å². The summed E-state index contributed by atoms with van der Waals surface area (Å²) in [5.41, 5.74) is -3.17. The van der Waals surface area contributed by atoms with Crippen molar-refractivity contribution >= 4 is 23.5 Å². The van der Waals surface area contributed by atoms with Crippen molar-refractivity contribution in [3.05, 3.63) is 29.8 Å². The smallest absolute Gasteiger partial charge is 0.442 e. The zero-order valence-corrected chi connectivity index (χ0v) is 11.9. The number of methoxy groups -OCH3 is 1. The van der Waals surface area contributed by atoms with E-state index in [2.05, 4.69) is 10.1 Å². The molecule has 0 aromatic heterocycles. The fourth-order valence-corrected chi connectivity index (χ4v) is 4.28. The number of carbonyl (C=O) groups is 1. The summed E-state index contributed by atoms with van der Waals surface area (Å²) in [6, 6.07) is 6.87. The third-order valence-electron chi connectivity index (χ3n) is 3.86. The summed E-state index contributed by atoms with van der Waals surface area (Å²) in [5, 5.41) is 3.03. The molecule has 1 aromatic carbocycles. The first-order valence-electron chi connectivity index (χ1n) is 6.35. The minimum Gasteiger partial charge on any atom is -0.453 e. The van der Waals surface area contributed by atoms with E-state index in [0.29, 0.717) is 11.3 Å². The number of halogens is 3. The second-order valence-corrected chi connectivity index (χ2v) is 6.34. The van der Waals surface area contributed by atoms with Crippen LogP contribution in [-0.2, 0) is 9.48 Å². The largest absolute Gasteiger partial charge is 0.453 e. The van der Waals surface area contributed by atoms with E-state index in [9.17, 15) is 18.0 Å². The Balaban J connectivity index is 2.04. The van der Waals surface area contributed by atoms with Crippen LogP contribution in [0.2, 0.25) is 0 Å². The molecule has 0 saturated carbocycles. The number of rotatable bonds is 1. The molecule has 1 N–H and O–H groups in total. The number of benzene rings is 1. The number of nitrogens with zero attached hydrogens (tertiary/aromatic N) is 1. The van der Waals surface area contributed by atoms with E-state index in [4.69, 9.17) is 0 Å². The Kier molecular flexibility index (Phi) is 3.23. The molecule has 21 heavy (non-hydrogen) atoms. The molecule has 1 saturated heterocycles. The van der Waals surface area contributed by atoms with Gasteiger partial charge in [-0.2, -0.15) is 13.2 Å². The average Bonchev–Trinajstić information content (AvgIpc) is 2.90. The standard InChI is InChI=1S/C13H13F3N2O2S/c1-20-11(19)18-7-6-12(21-13(14,15)16)8-4-2-3-5-9(8)17-10(12)18/h2-5,10,17H,6-7H2,1H3/t10-,12+/m1/s1. The SMILES string of the molecule is COC(=O)N1CC[C@]2(SC(F)(F)F)c3ccccc3N[C@H]12. The van der Waals surface area contributed by atoms with Gasteiger partial charge in [0.15, 0.2) is 0 Å². The van der Waals surface area contributed by atoms with Crippen LogP contribution in [-0.4, -0.2) is 36.3 Å². The molecule has 0 spiro atoms. The predicted octanol–water partition coefficient (Wildman–Crippen LogP) is 3.36. The van der Waals surface area contributed by atoms with Crippen molar-refractivity contribution in [3.63, 3.8) is 0 Å². The minimum absolute atomic E-state index is 0.0552. The monoisotopic (exact) mass is 318 g/mol. The fourth-order valence-electron chi connectivity index (χ4n) is 3.09. The normalized spacial score (nSPS) is 27.0. The summed E-state index contributed by atoms with van der Waals surface area (Å²) in [5.74, 6) is 0. The third-order valence-corrected chi connectivity index (χ3v) is 5.10. The molecule has 2 heterocycles. The molecule has 4 nitrogen and oxygen atoms in total. The van der Waals surface area contributed by atoms with Gasteiger partial charge in [0, 0.05) is 12.2 Å². The zero-order chi connectivity index (χ0) is 15.3. The van der Waals surface area contributed by atoms with Crippen molar-refractivity contribution in [3.8, 4) is 0 Å². The molecule has 0 bridgehead atoms. The number of ether oxygens (including phenoxy) is 1.